The van der Waals surface area contributed by atoms with E-state index in [9.17, 15) is 24.5 Å². The van der Waals surface area contributed by atoms with Crippen molar-refractivity contribution in [3.8, 4) is 11.1 Å². The number of carbonyl (C=O) groups is 3. The lowest BCUT2D eigenvalue weighted by Crippen LogP contribution is -2.30. The van der Waals surface area contributed by atoms with Gasteiger partial charge in [-0.2, -0.15) is 0 Å². The van der Waals surface area contributed by atoms with Crippen molar-refractivity contribution in [1.82, 2.24) is 5.32 Å². The van der Waals surface area contributed by atoms with E-state index >= 15 is 0 Å². The van der Waals surface area contributed by atoms with E-state index in [1.165, 1.54) is 58.8 Å². The summed E-state index contributed by atoms with van der Waals surface area (Å²) in [6, 6.07) is 35.4. The van der Waals surface area contributed by atoms with Crippen LogP contribution in [-0.2, 0) is 11.2 Å². The van der Waals surface area contributed by atoms with Crippen LogP contribution in [0.4, 0.5) is 11.4 Å². The van der Waals surface area contributed by atoms with Crippen LogP contribution in [0, 0.1) is 10.1 Å². The molecule has 0 saturated heterocycles. The van der Waals surface area contributed by atoms with Gasteiger partial charge in [-0.1, -0.05) is 60.7 Å². The molecule has 0 heterocycles. The number of rotatable bonds is 10. The fraction of sp³-hybridized carbons (Fsp3) is 0.0541. The molecule has 0 saturated carbocycles. The zero-order valence-electron chi connectivity index (χ0n) is 24.4. The number of nitro benzene ring substituents is 1. The first-order chi connectivity index (χ1) is 22.3. The molecule has 0 spiro atoms. The molecule has 6 rings (SSSR count). The number of fused-ring (bicyclic) bond motifs is 3. The Morgan fingerprint density at radius 3 is 2.28 bits per heavy atom. The largest absolute Gasteiger partial charge is 0.321 e. The van der Waals surface area contributed by atoms with Crippen molar-refractivity contribution in [2.45, 2.75) is 11.3 Å². The van der Waals surface area contributed by atoms with Crippen LogP contribution in [0.5, 0.6) is 0 Å². The van der Waals surface area contributed by atoms with E-state index in [-0.39, 0.29) is 22.9 Å². The fourth-order valence-electron chi connectivity index (χ4n) is 5.21. The lowest BCUT2D eigenvalue weighted by Gasteiger charge is -2.12. The zero-order chi connectivity index (χ0) is 32.0. The van der Waals surface area contributed by atoms with E-state index in [4.69, 9.17) is 0 Å². The number of nitro groups is 1. The molecule has 9 heteroatoms. The number of benzene rings is 5. The lowest BCUT2D eigenvalue weighted by molar-refractivity contribution is -0.384. The highest BCUT2D eigenvalue weighted by Gasteiger charge is 2.20. The molecule has 0 fully saturated rings. The first-order valence-corrected chi connectivity index (χ1v) is 15.4. The molecular weight excluding hydrogens is 598 g/mol. The molecule has 0 aliphatic heterocycles. The van der Waals surface area contributed by atoms with Gasteiger partial charge in [0.15, 0.2) is 5.78 Å². The molecule has 1 aliphatic carbocycles. The van der Waals surface area contributed by atoms with Crippen molar-refractivity contribution in [3.63, 3.8) is 0 Å². The van der Waals surface area contributed by atoms with Gasteiger partial charge in [0, 0.05) is 33.8 Å². The van der Waals surface area contributed by atoms with Gasteiger partial charge >= 0.3 is 0 Å². The van der Waals surface area contributed by atoms with E-state index in [0.717, 1.165) is 16.9 Å². The number of anilines is 1. The summed E-state index contributed by atoms with van der Waals surface area (Å²) in [5, 5.41) is 16.5. The average molecular weight is 626 g/mol. The summed E-state index contributed by atoms with van der Waals surface area (Å²) in [5.74, 6) is -0.834. The smallest absolute Gasteiger partial charge is 0.272 e. The third kappa shape index (κ3) is 6.95. The van der Waals surface area contributed by atoms with Crippen LogP contribution >= 0.6 is 11.8 Å². The first-order valence-electron chi connectivity index (χ1n) is 14.5. The number of thioether (sulfide) groups is 1. The average Bonchev–Trinajstić information content (AvgIpc) is 3.45. The number of hydrogen-bond donors (Lipinski definition) is 2. The van der Waals surface area contributed by atoms with Crippen LogP contribution in [0.2, 0.25) is 0 Å². The number of Topliss-reactive ketones (excluding diaryl/α,β-unsaturated/α-hetero) is 1. The highest BCUT2D eigenvalue weighted by atomic mass is 32.2. The predicted octanol–water partition coefficient (Wildman–Crippen LogP) is 7.55. The Kier molecular flexibility index (Phi) is 8.84. The summed E-state index contributed by atoms with van der Waals surface area (Å²) in [6.07, 6.45) is 2.26. The summed E-state index contributed by atoms with van der Waals surface area (Å²) >= 11 is 1.37. The molecule has 2 amide bonds. The Morgan fingerprint density at radius 2 is 1.50 bits per heavy atom. The Morgan fingerprint density at radius 1 is 0.761 bits per heavy atom. The van der Waals surface area contributed by atoms with Crippen molar-refractivity contribution in [2.24, 2.45) is 0 Å². The molecule has 0 atom stereocenters. The minimum absolute atomic E-state index is 0.00939. The van der Waals surface area contributed by atoms with Gasteiger partial charge in [-0.25, -0.2) is 0 Å². The van der Waals surface area contributed by atoms with Crippen LogP contribution < -0.4 is 10.6 Å². The zero-order valence-corrected chi connectivity index (χ0v) is 25.3. The summed E-state index contributed by atoms with van der Waals surface area (Å²) in [6.45, 7) is 0. The van der Waals surface area contributed by atoms with Crippen LogP contribution in [-0.4, -0.2) is 28.3 Å². The maximum absolute atomic E-state index is 13.4. The summed E-state index contributed by atoms with van der Waals surface area (Å²) in [7, 11) is 0. The highest BCUT2D eigenvalue weighted by molar-refractivity contribution is 8.00. The topological polar surface area (TPSA) is 118 Å². The number of nitrogens with zero attached hydrogens (tertiary/aromatic N) is 1. The molecule has 0 radical (unpaired) electrons. The number of carbonyl (C=O) groups excluding carboxylic acids is 3. The fourth-order valence-corrected chi connectivity index (χ4v) is 6.06. The molecule has 226 valence electrons. The summed E-state index contributed by atoms with van der Waals surface area (Å²) in [5.41, 5.74) is 6.66. The normalized spacial score (nSPS) is 11.7. The van der Waals surface area contributed by atoms with Crippen LogP contribution in [0.15, 0.2) is 132 Å². The van der Waals surface area contributed by atoms with Gasteiger partial charge in [-0.3, -0.25) is 24.5 Å². The van der Waals surface area contributed by atoms with E-state index < -0.39 is 16.7 Å². The number of ketones is 1. The summed E-state index contributed by atoms with van der Waals surface area (Å²) in [4.78, 5) is 50.8. The second-order valence-electron chi connectivity index (χ2n) is 10.6. The van der Waals surface area contributed by atoms with Crippen molar-refractivity contribution >= 4 is 46.8 Å². The quantitative estimate of drug-likeness (QED) is 0.0534. The van der Waals surface area contributed by atoms with Gasteiger partial charge in [0.2, 0.25) is 0 Å². The molecule has 5 aromatic rings. The lowest BCUT2D eigenvalue weighted by atomic mass is 10.0. The Hall–Kier alpha value is -5.80. The van der Waals surface area contributed by atoms with Crippen molar-refractivity contribution < 1.29 is 19.3 Å². The SMILES string of the molecule is O=C(Nc1cccc(SCC(=O)c2ccc3c(c2)Cc2ccccc2-3)c1)/C(=C/c1ccc([N+](=O)[O-])cc1)NC(=O)c1ccccc1. The van der Waals surface area contributed by atoms with Crippen LogP contribution in [0.3, 0.4) is 0 Å². The molecule has 1 aliphatic rings. The van der Waals surface area contributed by atoms with E-state index in [1.807, 2.05) is 36.4 Å². The second-order valence-corrected chi connectivity index (χ2v) is 11.7. The second kappa shape index (κ2) is 13.5. The van der Waals surface area contributed by atoms with Gasteiger partial charge < -0.3 is 10.6 Å². The van der Waals surface area contributed by atoms with Gasteiger partial charge in [-0.15, -0.1) is 11.8 Å². The number of nitrogens with one attached hydrogen (secondary N) is 2. The maximum atomic E-state index is 13.4. The minimum atomic E-state index is -0.583. The maximum Gasteiger partial charge on any atom is 0.272 e. The highest BCUT2D eigenvalue weighted by Crippen LogP contribution is 2.37. The van der Waals surface area contributed by atoms with Gasteiger partial charge in [-0.05, 0) is 88.8 Å². The predicted molar refractivity (Wildman–Crippen MR) is 180 cm³/mol. The molecule has 0 aromatic heterocycles. The number of hydrogen-bond acceptors (Lipinski definition) is 6. The van der Waals surface area contributed by atoms with E-state index in [2.05, 4.69) is 22.8 Å². The van der Waals surface area contributed by atoms with Gasteiger partial charge in [0.25, 0.3) is 17.5 Å². The third-order valence-corrected chi connectivity index (χ3v) is 8.51. The third-order valence-electron chi connectivity index (χ3n) is 7.52. The van der Waals surface area contributed by atoms with E-state index in [1.54, 1.807) is 48.5 Å². The van der Waals surface area contributed by atoms with Crippen LogP contribution in [0.1, 0.15) is 37.4 Å². The minimum Gasteiger partial charge on any atom is -0.321 e. The molecular formula is C37H27N3O5S. The molecule has 8 nitrogen and oxygen atoms in total. The Labute approximate surface area is 269 Å². The van der Waals surface area contributed by atoms with E-state index in [0.29, 0.717) is 22.4 Å². The summed E-state index contributed by atoms with van der Waals surface area (Å²) < 4.78 is 0. The molecule has 2 N–H and O–H groups in total. The molecule has 46 heavy (non-hydrogen) atoms. The number of non-ortho nitro benzene ring substituents is 1. The monoisotopic (exact) mass is 625 g/mol. The molecule has 5 aromatic carbocycles. The standard InChI is InChI=1S/C37H27N3O5S/c41-35(27-15-18-33-28(21-27)20-26-9-4-5-12-32(26)33)23-46-31-11-6-10-29(22-31)38-37(43)34(39-36(42)25-7-2-1-3-8-25)19-24-13-16-30(17-14-24)40(44)45/h1-19,21-22H,20,23H2,(H,38,43)(H,39,42)/b34-19-. The molecule has 0 unspecified atom stereocenters. The van der Waals surface area contributed by atoms with Crippen molar-refractivity contribution in [3.05, 3.63) is 165 Å². The first kappa shape index (κ1) is 30.2. The Balaban J connectivity index is 1.14. The molecule has 0 bridgehead atoms. The van der Waals surface area contributed by atoms with Gasteiger partial charge in [0.1, 0.15) is 5.70 Å². The number of amides is 2. The van der Waals surface area contributed by atoms with Crippen molar-refractivity contribution in [2.75, 3.05) is 11.1 Å². The van der Waals surface area contributed by atoms with Crippen molar-refractivity contribution in [1.29, 1.82) is 0 Å². The van der Waals surface area contributed by atoms with Gasteiger partial charge in [0.05, 0.1) is 10.7 Å². The van der Waals surface area contributed by atoms with Crippen LogP contribution in [0.25, 0.3) is 17.2 Å². The Bertz CT molecular complexity index is 2010.